The Balaban J connectivity index is 1.74. The van der Waals surface area contributed by atoms with Gasteiger partial charge in [-0.3, -0.25) is 0 Å². The van der Waals surface area contributed by atoms with E-state index in [1.165, 1.54) is 51.7 Å². The van der Waals surface area contributed by atoms with E-state index in [2.05, 4.69) is 37.9 Å². The Morgan fingerprint density at radius 2 is 1.83 bits per heavy atom. The molecule has 2 atom stereocenters. The van der Waals surface area contributed by atoms with Gasteiger partial charge in [0.2, 0.25) is 0 Å². The molecule has 0 amide bonds. The van der Waals surface area contributed by atoms with Crippen molar-refractivity contribution in [3.8, 4) is 0 Å². The summed E-state index contributed by atoms with van der Waals surface area (Å²) < 4.78 is 0. The molecule has 2 rings (SSSR count). The van der Waals surface area contributed by atoms with Crippen molar-refractivity contribution in [2.45, 2.75) is 71.4 Å². The molecule has 2 aliphatic rings. The van der Waals surface area contributed by atoms with Crippen LogP contribution in [0.1, 0.15) is 59.8 Å². The van der Waals surface area contributed by atoms with Crippen LogP contribution in [0.2, 0.25) is 0 Å². The summed E-state index contributed by atoms with van der Waals surface area (Å²) in [6.45, 7) is 13.1. The Morgan fingerprint density at radius 1 is 1.17 bits per heavy atom. The Morgan fingerprint density at radius 3 is 2.44 bits per heavy atom. The number of likely N-dealkylation sites (tertiary alicyclic amines) is 1. The van der Waals surface area contributed by atoms with Crippen molar-refractivity contribution in [2.24, 2.45) is 11.8 Å². The van der Waals surface area contributed by atoms with E-state index in [-0.39, 0.29) is 5.54 Å². The van der Waals surface area contributed by atoms with Gasteiger partial charge in [0.1, 0.15) is 0 Å². The zero-order valence-corrected chi connectivity index (χ0v) is 12.8. The summed E-state index contributed by atoms with van der Waals surface area (Å²) in [4.78, 5) is 2.75. The van der Waals surface area contributed by atoms with Gasteiger partial charge in [-0.05, 0) is 71.9 Å². The first kappa shape index (κ1) is 14.3. The Hall–Kier alpha value is -0.0800. The molecule has 1 saturated carbocycles. The molecular weight excluding hydrogens is 220 g/mol. The molecule has 0 radical (unpaired) electrons. The lowest BCUT2D eigenvalue weighted by Crippen LogP contribution is -2.41. The Labute approximate surface area is 114 Å². The van der Waals surface area contributed by atoms with Crippen molar-refractivity contribution in [2.75, 3.05) is 19.6 Å². The number of nitrogens with one attached hydrogen (secondary N) is 1. The van der Waals surface area contributed by atoms with E-state index in [9.17, 15) is 0 Å². The molecular formula is C16H32N2. The molecule has 2 unspecified atom stereocenters. The predicted octanol–water partition coefficient (Wildman–Crippen LogP) is 3.28. The SMILES string of the molecule is CC(C1CCCC1)N1CCC(CNC(C)(C)C)C1. The second kappa shape index (κ2) is 5.92. The summed E-state index contributed by atoms with van der Waals surface area (Å²) >= 11 is 0. The lowest BCUT2D eigenvalue weighted by Gasteiger charge is -2.30. The van der Waals surface area contributed by atoms with E-state index in [1.807, 2.05) is 0 Å². The van der Waals surface area contributed by atoms with Crippen LogP contribution in [0.3, 0.4) is 0 Å². The highest BCUT2D eigenvalue weighted by Gasteiger charge is 2.31. The van der Waals surface area contributed by atoms with Crippen molar-refractivity contribution in [3.63, 3.8) is 0 Å². The molecule has 0 bridgehead atoms. The topological polar surface area (TPSA) is 15.3 Å². The fourth-order valence-electron chi connectivity index (χ4n) is 3.59. The van der Waals surface area contributed by atoms with E-state index in [4.69, 9.17) is 0 Å². The molecule has 1 saturated heterocycles. The summed E-state index contributed by atoms with van der Waals surface area (Å²) in [5.41, 5.74) is 0.268. The molecule has 1 N–H and O–H groups in total. The molecule has 2 fully saturated rings. The van der Waals surface area contributed by atoms with Crippen LogP contribution in [0.4, 0.5) is 0 Å². The highest BCUT2D eigenvalue weighted by Crippen LogP contribution is 2.32. The Bertz CT molecular complexity index is 250. The average Bonchev–Trinajstić information content (AvgIpc) is 2.96. The summed E-state index contributed by atoms with van der Waals surface area (Å²) in [7, 11) is 0. The van der Waals surface area contributed by atoms with Gasteiger partial charge < -0.3 is 10.2 Å². The lowest BCUT2D eigenvalue weighted by atomic mass is 9.98. The smallest absolute Gasteiger partial charge is 0.00966 e. The summed E-state index contributed by atoms with van der Waals surface area (Å²) in [5.74, 6) is 1.85. The van der Waals surface area contributed by atoms with Gasteiger partial charge in [0.05, 0.1) is 0 Å². The maximum Gasteiger partial charge on any atom is 0.00966 e. The van der Waals surface area contributed by atoms with Crippen molar-refractivity contribution >= 4 is 0 Å². The third-order valence-electron chi connectivity index (χ3n) is 4.90. The standard InChI is InChI=1S/C16H32N2/c1-13(15-7-5-6-8-15)18-10-9-14(12-18)11-17-16(2,3)4/h13-15,17H,5-12H2,1-4H3. The maximum absolute atomic E-state index is 3.67. The number of rotatable bonds is 4. The summed E-state index contributed by atoms with van der Waals surface area (Å²) in [6.07, 6.45) is 7.28. The average molecular weight is 252 g/mol. The third kappa shape index (κ3) is 3.96. The molecule has 1 aliphatic carbocycles. The Kier molecular flexibility index (Phi) is 4.71. The number of nitrogens with zero attached hydrogens (tertiary/aromatic N) is 1. The zero-order valence-electron chi connectivity index (χ0n) is 12.8. The van der Waals surface area contributed by atoms with E-state index in [1.54, 1.807) is 0 Å². The molecule has 1 heterocycles. The minimum atomic E-state index is 0.268. The largest absolute Gasteiger partial charge is 0.312 e. The number of hydrogen-bond acceptors (Lipinski definition) is 2. The predicted molar refractivity (Wildman–Crippen MR) is 78.9 cm³/mol. The van der Waals surface area contributed by atoms with Gasteiger partial charge in [-0.2, -0.15) is 0 Å². The molecule has 106 valence electrons. The van der Waals surface area contributed by atoms with E-state index in [0.717, 1.165) is 17.9 Å². The van der Waals surface area contributed by atoms with Gasteiger partial charge in [0.15, 0.2) is 0 Å². The normalized spacial score (nSPS) is 29.0. The highest BCUT2D eigenvalue weighted by atomic mass is 15.2. The van der Waals surface area contributed by atoms with Gasteiger partial charge in [0, 0.05) is 18.1 Å². The zero-order chi connectivity index (χ0) is 13.2. The van der Waals surface area contributed by atoms with Gasteiger partial charge in [0.25, 0.3) is 0 Å². The highest BCUT2D eigenvalue weighted by molar-refractivity contribution is 4.86. The van der Waals surface area contributed by atoms with Crippen LogP contribution in [-0.4, -0.2) is 36.1 Å². The van der Waals surface area contributed by atoms with Gasteiger partial charge >= 0.3 is 0 Å². The van der Waals surface area contributed by atoms with Crippen LogP contribution >= 0.6 is 0 Å². The monoisotopic (exact) mass is 252 g/mol. The second-order valence-corrected chi connectivity index (χ2v) is 7.57. The fraction of sp³-hybridized carbons (Fsp3) is 1.00. The van der Waals surface area contributed by atoms with Crippen molar-refractivity contribution < 1.29 is 0 Å². The van der Waals surface area contributed by atoms with Crippen LogP contribution in [0.5, 0.6) is 0 Å². The van der Waals surface area contributed by atoms with Gasteiger partial charge in [-0.15, -0.1) is 0 Å². The van der Waals surface area contributed by atoms with Crippen LogP contribution in [0.15, 0.2) is 0 Å². The summed E-state index contributed by atoms with van der Waals surface area (Å²) in [5, 5.41) is 3.67. The van der Waals surface area contributed by atoms with Crippen LogP contribution < -0.4 is 5.32 Å². The first-order valence-electron chi connectivity index (χ1n) is 7.95. The molecule has 2 nitrogen and oxygen atoms in total. The van der Waals surface area contributed by atoms with E-state index < -0.39 is 0 Å². The fourth-order valence-corrected chi connectivity index (χ4v) is 3.59. The van der Waals surface area contributed by atoms with Crippen molar-refractivity contribution in [1.29, 1.82) is 0 Å². The van der Waals surface area contributed by atoms with Crippen molar-refractivity contribution in [1.82, 2.24) is 10.2 Å². The first-order chi connectivity index (χ1) is 8.46. The molecule has 0 aromatic rings. The van der Waals surface area contributed by atoms with E-state index in [0.29, 0.717) is 0 Å². The maximum atomic E-state index is 3.67. The molecule has 0 aromatic heterocycles. The van der Waals surface area contributed by atoms with Gasteiger partial charge in [-0.25, -0.2) is 0 Å². The quantitative estimate of drug-likeness (QED) is 0.826. The van der Waals surface area contributed by atoms with Crippen LogP contribution in [0.25, 0.3) is 0 Å². The molecule has 0 spiro atoms. The lowest BCUT2D eigenvalue weighted by molar-refractivity contribution is 0.183. The molecule has 0 aromatic carbocycles. The van der Waals surface area contributed by atoms with E-state index >= 15 is 0 Å². The first-order valence-corrected chi connectivity index (χ1v) is 7.95. The summed E-state index contributed by atoms with van der Waals surface area (Å²) in [6, 6.07) is 0.826. The third-order valence-corrected chi connectivity index (χ3v) is 4.90. The van der Waals surface area contributed by atoms with Gasteiger partial charge in [-0.1, -0.05) is 12.8 Å². The molecule has 1 aliphatic heterocycles. The van der Waals surface area contributed by atoms with Crippen molar-refractivity contribution in [3.05, 3.63) is 0 Å². The van der Waals surface area contributed by atoms with Crippen LogP contribution in [0, 0.1) is 11.8 Å². The van der Waals surface area contributed by atoms with Crippen LogP contribution in [-0.2, 0) is 0 Å². The number of hydrogen-bond donors (Lipinski definition) is 1. The molecule has 18 heavy (non-hydrogen) atoms. The minimum absolute atomic E-state index is 0.268. The second-order valence-electron chi connectivity index (χ2n) is 7.57. The molecule has 2 heteroatoms. The minimum Gasteiger partial charge on any atom is -0.312 e.